The van der Waals surface area contributed by atoms with Gasteiger partial charge in [-0.25, -0.2) is 4.57 Å². The predicted molar refractivity (Wildman–Crippen MR) is 47.6 cm³/mol. The first kappa shape index (κ1) is 9.20. The molecule has 12 heavy (non-hydrogen) atoms. The van der Waals surface area contributed by atoms with Crippen LogP contribution in [0.25, 0.3) is 0 Å². The van der Waals surface area contributed by atoms with Crippen LogP contribution in [-0.4, -0.2) is 11.7 Å². The van der Waals surface area contributed by atoms with Gasteiger partial charge in [0.2, 0.25) is 0 Å². The van der Waals surface area contributed by atoms with Crippen LogP contribution in [0.2, 0.25) is 0 Å². The summed E-state index contributed by atoms with van der Waals surface area (Å²) in [6.07, 6.45) is 5.06. The molecule has 2 nitrogen and oxygen atoms in total. The molecule has 66 valence electrons. The van der Waals surface area contributed by atoms with Gasteiger partial charge in [-0.3, -0.25) is 0 Å². The van der Waals surface area contributed by atoms with Gasteiger partial charge in [0.1, 0.15) is 7.05 Å². The summed E-state index contributed by atoms with van der Waals surface area (Å²) >= 11 is 0. The first-order valence-corrected chi connectivity index (χ1v) is 4.39. The number of unbranched alkanes of at least 4 members (excludes halogenated alkanes) is 1. The fourth-order valence-corrected chi connectivity index (χ4v) is 1.24. The molecular formula is C10H16NO+. The van der Waals surface area contributed by atoms with E-state index in [0.717, 1.165) is 19.3 Å². The highest BCUT2D eigenvalue weighted by atomic mass is 16.2. The second-order valence-electron chi connectivity index (χ2n) is 2.98. The van der Waals surface area contributed by atoms with E-state index in [0.29, 0.717) is 6.61 Å². The molecule has 1 aromatic heterocycles. The van der Waals surface area contributed by atoms with E-state index < -0.39 is 0 Å². The Morgan fingerprint density at radius 3 is 2.83 bits per heavy atom. The SMILES string of the molecule is C[n+]1ccccc1CCCCO. The minimum atomic E-state index is 0.302. The van der Waals surface area contributed by atoms with Gasteiger partial charge in [0.15, 0.2) is 11.9 Å². The monoisotopic (exact) mass is 166 g/mol. The molecule has 1 heterocycles. The summed E-state index contributed by atoms with van der Waals surface area (Å²) in [5, 5.41) is 8.61. The molecule has 1 aromatic rings. The molecule has 0 fully saturated rings. The number of rotatable bonds is 4. The first-order valence-electron chi connectivity index (χ1n) is 4.39. The van der Waals surface area contributed by atoms with Crippen molar-refractivity contribution in [1.29, 1.82) is 0 Å². The average molecular weight is 166 g/mol. The van der Waals surface area contributed by atoms with E-state index in [-0.39, 0.29) is 0 Å². The number of hydrogen-bond donors (Lipinski definition) is 1. The van der Waals surface area contributed by atoms with Crippen molar-refractivity contribution in [2.75, 3.05) is 6.61 Å². The molecule has 0 aliphatic rings. The molecule has 0 bridgehead atoms. The smallest absolute Gasteiger partial charge is 0.181 e. The lowest BCUT2D eigenvalue weighted by molar-refractivity contribution is -0.679. The second kappa shape index (κ2) is 4.88. The van der Waals surface area contributed by atoms with Gasteiger partial charge in [0.05, 0.1) is 0 Å². The molecule has 0 spiro atoms. The third-order valence-electron chi connectivity index (χ3n) is 2.00. The standard InChI is InChI=1S/C10H16NO/c1-11-8-4-2-6-10(11)7-3-5-9-12/h2,4,6,8,12H,3,5,7,9H2,1H3/q+1. The molecule has 0 aliphatic carbocycles. The molecule has 0 saturated carbocycles. The van der Waals surface area contributed by atoms with Gasteiger partial charge in [-0.1, -0.05) is 6.07 Å². The van der Waals surface area contributed by atoms with E-state index in [9.17, 15) is 0 Å². The lowest BCUT2D eigenvalue weighted by atomic mass is 10.2. The summed E-state index contributed by atoms with van der Waals surface area (Å²) in [4.78, 5) is 0. The Labute approximate surface area is 73.5 Å². The molecule has 0 atom stereocenters. The number of aromatic nitrogens is 1. The van der Waals surface area contributed by atoms with Crippen molar-refractivity contribution in [2.24, 2.45) is 7.05 Å². The zero-order valence-corrected chi connectivity index (χ0v) is 7.53. The minimum absolute atomic E-state index is 0.302. The van der Waals surface area contributed by atoms with E-state index in [2.05, 4.69) is 10.6 Å². The van der Waals surface area contributed by atoms with Crippen molar-refractivity contribution in [3.8, 4) is 0 Å². The maximum atomic E-state index is 8.61. The summed E-state index contributed by atoms with van der Waals surface area (Å²) < 4.78 is 2.12. The molecule has 0 unspecified atom stereocenters. The largest absolute Gasteiger partial charge is 0.396 e. The second-order valence-corrected chi connectivity index (χ2v) is 2.98. The zero-order chi connectivity index (χ0) is 8.81. The normalized spacial score (nSPS) is 10.2. The van der Waals surface area contributed by atoms with Crippen LogP contribution in [0.15, 0.2) is 24.4 Å². The molecular weight excluding hydrogens is 150 g/mol. The van der Waals surface area contributed by atoms with Crippen LogP contribution in [0.4, 0.5) is 0 Å². The van der Waals surface area contributed by atoms with Crippen molar-refractivity contribution in [2.45, 2.75) is 19.3 Å². The van der Waals surface area contributed by atoms with E-state index >= 15 is 0 Å². The molecule has 0 amide bonds. The third-order valence-corrected chi connectivity index (χ3v) is 2.00. The Morgan fingerprint density at radius 2 is 2.17 bits per heavy atom. The van der Waals surface area contributed by atoms with Gasteiger partial charge >= 0.3 is 0 Å². The molecule has 2 heteroatoms. The average Bonchev–Trinajstić information content (AvgIpc) is 2.09. The summed E-state index contributed by atoms with van der Waals surface area (Å²) in [5.74, 6) is 0. The highest BCUT2D eigenvalue weighted by Crippen LogP contribution is 1.98. The number of pyridine rings is 1. The van der Waals surface area contributed by atoms with E-state index in [1.165, 1.54) is 5.69 Å². The highest BCUT2D eigenvalue weighted by Gasteiger charge is 2.02. The van der Waals surface area contributed by atoms with Crippen molar-refractivity contribution in [1.82, 2.24) is 0 Å². The Balaban J connectivity index is 2.46. The fourth-order valence-electron chi connectivity index (χ4n) is 1.24. The van der Waals surface area contributed by atoms with Gasteiger partial charge in [-0.15, -0.1) is 0 Å². The molecule has 1 rings (SSSR count). The van der Waals surface area contributed by atoms with Crippen molar-refractivity contribution in [3.63, 3.8) is 0 Å². The van der Waals surface area contributed by atoms with Crippen molar-refractivity contribution >= 4 is 0 Å². The van der Waals surface area contributed by atoms with Crippen LogP contribution >= 0.6 is 0 Å². The van der Waals surface area contributed by atoms with Crippen LogP contribution in [0.3, 0.4) is 0 Å². The lowest BCUT2D eigenvalue weighted by Gasteiger charge is -1.97. The van der Waals surface area contributed by atoms with Crippen LogP contribution in [0.5, 0.6) is 0 Å². The number of nitrogens with zero attached hydrogens (tertiary/aromatic N) is 1. The molecule has 0 radical (unpaired) electrons. The van der Waals surface area contributed by atoms with E-state index in [4.69, 9.17) is 5.11 Å². The summed E-state index contributed by atoms with van der Waals surface area (Å²) in [6, 6.07) is 6.20. The van der Waals surface area contributed by atoms with Crippen LogP contribution in [0.1, 0.15) is 18.5 Å². The van der Waals surface area contributed by atoms with Crippen molar-refractivity contribution in [3.05, 3.63) is 30.1 Å². The molecule has 0 saturated heterocycles. The zero-order valence-electron chi connectivity index (χ0n) is 7.53. The summed E-state index contributed by atoms with van der Waals surface area (Å²) in [6.45, 7) is 0.302. The van der Waals surface area contributed by atoms with E-state index in [1.807, 2.05) is 25.4 Å². The summed E-state index contributed by atoms with van der Waals surface area (Å²) in [7, 11) is 2.05. The van der Waals surface area contributed by atoms with Crippen LogP contribution in [-0.2, 0) is 13.5 Å². The van der Waals surface area contributed by atoms with Gasteiger partial charge in [-0.05, 0) is 12.8 Å². The first-order chi connectivity index (χ1) is 5.84. The maximum absolute atomic E-state index is 8.61. The number of aliphatic hydroxyl groups excluding tert-OH is 1. The summed E-state index contributed by atoms with van der Waals surface area (Å²) in [5.41, 5.74) is 1.32. The van der Waals surface area contributed by atoms with Crippen molar-refractivity contribution < 1.29 is 9.67 Å². The third kappa shape index (κ3) is 2.62. The number of aryl methyl sites for hydroxylation is 2. The number of aliphatic hydroxyl groups is 1. The van der Waals surface area contributed by atoms with Gasteiger partial charge < -0.3 is 5.11 Å². The predicted octanol–water partition coefficient (Wildman–Crippen LogP) is 0.826. The Morgan fingerprint density at radius 1 is 1.33 bits per heavy atom. The van der Waals surface area contributed by atoms with Gasteiger partial charge in [0.25, 0.3) is 0 Å². The molecule has 0 aliphatic heterocycles. The van der Waals surface area contributed by atoms with Gasteiger partial charge in [0, 0.05) is 25.2 Å². The Bertz CT molecular complexity index is 235. The quantitative estimate of drug-likeness (QED) is 0.520. The van der Waals surface area contributed by atoms with Crippen LogP contribution in [0, 0.1) is 0 Å². The molecule has 1 N–H and O–H groups in total. The fraction of sp³-hybridized carbons (Fsp3) is 0.500. The maximum Gasteiger partial charge on any atom is 0.181 e. The van der Waals surface area contributed by atoms with Crippen LogP contribution < -0.4 is 4.57 Å². The van der Waals surface area contributed by atoms with E-state index in [1.54, 1.807) is 0 Å². The lowest BCUT2D eigenvalue weighted by Crippen LogP contribution is -2.32. The minimum Gasteiger partial charge on any atom is -0.396 e. The van der Waals surface area contributed by atoms with Gasteiger partial charge in [-0.2, -0.15) is 0 Å². The topological polar surface area (TPSA) is 24.1 Å². The number of hydrogen-bond acceptors (Lipinski definition) is 1. The Hall–Kier alpha value is -0.890. The molecule has 0 aromatic carbocycles. The Kier molecular flexibility index (Phi) is 3.74. The highest BCUT2D eigenvalue weighted by molar-refractivity contribution is 4.96.